The number of benzene rings is 1. The van der Waals surface area contributed by atoms with Gasteiger partial charge in [-0.2, -0.15) is 0 Å². The van der Waals surface area contributed by atoms with Gasteiger partial charge in [0.2, 0.25) is 12.7 Å². The van der Waals surface area contributed by atoms with Crippen LogP contribution < -0.4 is 20.1 Å². The molecule has 0 saturated carbocycles. The van der Waals surface area contributed by atoms with Gasteiger partial charge in [0.25, 0.3) is 0 Å². The van der Waals surface area contributed by atoms with Crippen LogP contribution >= 0.6 is 11.3 Å². The molecule has 0 spiro atoms. The summed E-state index contributed by atoms with van der Waals surface area (Å²) in [4.78, 5) is 20.8. The van der Waals surface area contributed by atoms with Gasteiger partial charge in [0.05, 0.1) is 12.1 Å². The van der Waals surface area contributed by atoms with Gasteiger partial charge in [-0.05, 0) is 29.8 Å². The van der Waals surface area contributed by atoms with E-state index < -0.39 is 0 Å². The number of hydrogen-bond acceptors (Lipinski definition) is 7. The number of carbonyl (C=O) groups excluding carboxylic acids is 1. The zero-order chi connectivity index (χ0) is 17.8. The molecule has 4 rings (SSSR count). The first-order valence-electron chi connectivity index (χ1n) is 8.04. The fraction of sp³-hybridized carbons (Fsp3) is 0.167. The number of nitrogens with zero attached hydrogens (tertiary/aromatic N) is 2. The predicted molar refractivity (Wildman–Crippen MR) is 97.7 cm³/mol. The van der Waals surface area contributed by atoms with Crippen molar-refractivity contribution in [2.75, 3.05) is 12.1 Å². The number of thiazole rings is 1. The Balaban J connectivity index is 1.29. The van der Waals surface area contributed by atoms with Crippen molar-refractivity contribution >= 4 is 28.2 Å². The van der Waals surface area contributed by atoms with Gasteiger partial charge in [0.1, 0.15) is 5.82 Å². The summed E-state index contributed by atoms with van der Waals surface area (Å²) in [5, 5.41) is 8.59. The Morgan fingerprint density at radius 3 is 3.00 bits per heavy atom. The molecule has 0 fully saturated rings. The lowest BCUT2D eigenvalue weighted by Crippen LogP contribution is -2.24. The van der Waals surface area contributed by atoms with E-state index in [1.807, 2.05) is 41.8 Å². The maximum Gasteiger partial charge on any atom is 0.231 e. The molecule has 1 amide bonds. The number of nitrogens with one attached hydrogen (secondary N) is 2. The summed E-state index contributed by atoms with van der Waals surface area (Å²) in [7, 11) is 0. The number of pyridine rings is 1. The molecule has 0 saturated heterocycles. The van der Waals surface area contributed by atoms with E-state index in [2.05, 4.69) is 20.6 Å². The fourth-order valence-corrected chi connectivity index (χ4v) is 3.19. The van der Waals surface area contributed by atoms with Crippen LogP contribution in [0.25, 0.3) is 0 Å². The number of amides is 1. The molecule has 2 aromatic heterocycles. The second kappa shape index (κ2) is 7.40. The number of ether oxygens (including phenoxy) is 2. The third-order valence-electron chi connectivity index (χ3n) is 3.72. The van der Waals surface area contributed by atoms with Crippen LogP contribution in [-0.2, 0) is 17.8 Å². The van der Waals surface area contributed by atoms with E-state index in [0.29, 0.717) is 17.4 Å². The number of aromatic nitrogens is 2. The van der Waals surface area contributed by atoms with Gasteiger partial charge in [-0.3, -0.25) is 4.79 Å². The molecule has 0 atom stereocenters. The Morgan fingerprint density at radius 2 is 2.12 bits per heavy atom. The maximum atomic E-state index is 12.2. The van der Waals surface area contributed by atoms with Crippen LogP contribution in [0.15, 0.2) is 48.0 Å². The second-order valence-corrected chi connectivity index (χ2v) is 6.48. The van der Waals surface area contributed by atoms with Crippen molar-refractivity contribution in [3.63, 3.8) is 0 Å². The van der Waals surface area contributed by atoms with Crippen molar-refractivity contribution in [3.8, 4) is 11.5 Å². The Kier molecular flexibility index (Phi) is 4.65. The van der Waals surface area contributed by atoms with E-state index in [1.54, 1.807) is 6.20 Å². The molecule has 8 heteroatoms. The van der Waals surface area contributed by atoms with Crippen LogP contribution in [0.3, 0.4) is 0 Å². The van der Waals surface area contributed by atoms with E-state index in [0.717, 1.165) is 22.8 Å². The number of anilines is 2. The van der Waals surface area contributed by atoms with Gasteiger partial charge in [-0.1, -0.05) is 12.1 Å². The minimum absolute atomic E-state index is 0.0858. The van der Waals surface area contributed by atoms with Gasteiger partial charge in [0, 0.05) is 18.1 Å². The standard InChI is InChI=1S/C18H16N4O3S/c23-17(20-9-12-4-5-14-15(7-12)25-11-24-14)8-13-10-26-18(21-13)22-16-3-1-2-6-19-16/h1-7,10H,8-9,11H2,(H,20,23)(H,19,21,22). The van der Waals surface area contributed by atoms with Crippen LogP contribution in [0.4, 0.5) is 10.9 Å². The summed E-state index contributed by atoms with van der Waals surface area (Å²) in [6.07, 6.45) is 1.94. The third-order valence-corrected chi connectivity index (χ3v) is 4.53. The van der Waals surface area contributed by atoms with Crippen molar-refractivity contribution in [2.24, 2.45) is 0 Å². The monoisotopic (exact) mass is 368 g/mol. The van der Waals surface area contributed by atoms with Gasteiger partial charge in [-0.15, -0.1) is 11.3 Å². The van der Waals surface area contributed by atoms with Crippen LogP contribution in [0.5, 0.6) is 11.5 Å². The van der Waals surface area contributed by atoms with Crippen molar-refractivity contribution in [3.05, 3.63) is 59.2 Å². The maximum absolute atomic E-state index is 12.2. The fourth-order valence-electron chi connectivity index (χ4n) is 2.47. The Morgan fingerprint density at radius 1 is 1.19 bits per heavy atom. The highest BCUT2D eigenvalue weighted by Gasteiger charge is 2.14. The summed E-state index contributed by atoms with van der Waals surface area (Å²) < 4.78 is 10.6. The summed E-state index contributed by atoms with van der Waals surface area (Å²) in [5.74, 6) is 2.08. The van der Waals surface area contributed by atoms with Gasteiger partial charge >= 0.3 is 0 Å². The lowest BCUT2D eigenvalue weighted by atomic mass is 10.2. The zero-order valence-electron chi connectivity index (χ0n) is 13.8. The van der Waals surface area contributed by atoms with Gasteiger partial charge in [0.15, 0.2) is 16.6 Å². The van der Waals surface area contributed by atoms with Gasteiger partial charge < -0.3 is 20.1 Å². The van der Waals surface area contributed by atoms with E-state index in [1.165, 1.54) is 11.3 Å². The number of carbonyl (C=O) groups is 1. The minimum Gasteiger partial charge on any atom is -0.454 e. The van der Waals surface area contributed by atoms with E-state index >= 15 is 0 Å². The third kappa shape index (κ3) is 3.92. The number of rotatable bonds is 6. The molecule has 1 aliphatic rings. The average molecular weight is 368 g/mol. The molecule has 2 N–H and O–H groups in total. The predicted octanol–water partition coefficient (Wildman–Crippen LogP) is 2.87. The summed E-state index contributed by atoms with van der Waals surface area (Å²) in [6.45, 7) is 0.669. The molecule has 1 aliphatic heterocycles. The summed E-state index contributed by atoms with van der Waals surface area (Å²) in [6, 6.07) is 11.2. The molecule has 0 aliphatic carbocycles. The molecule has 0 radical (unpaired) electrons. The average Bonchev–Trinajstić information content (AvgIpc) is 3.29. The van der Waals surface area contributed by atoms with E-state index in [4.69, 9.17) is 9.47 Å². The molecule has 1 aromatic carbocycles. The zero-order valence-corrected chi connectivity index (χ0v) is 14.6. The molecule has 0 unspecified atom stereocenters. The first kappa shape index (κ1) is 16.3. The quantitative estimate of drug-likeness (QED) is 0.696. The molecule has 132 valence electrons. The molecule has 3 aromatic rings. The normalized spacial score (nSPS) is 12.0. The smallest absolute Gasteiger partial charge is 0.231 e. The van der Waals surface area contributed by atoms with E-state index in [-0.39, 0.29) is 19.1 Å². The highest BCUT2D eigenvalue weighted by Crippen LogP contribution is 2.32. The molecular weight excluding hydrogens is 352 g/mol. The summed E-state index contributed by atoms with van der Waals surface area (Å²) in [5.41, 5.74) is 1.68. The second-order valence-electron chi connectivity index (χ2n) is 5.63. The van der Waals surface area contributed by atoms with Crippen molar-refractivity contribution in [1.29, 1.82) is 0 Å². The summed E-state index contributed by atoms with van der Waals surface area (Å²) >= 11 is 1.44. The van der Waals surface area contributed by atoms with Crippen molar-refractivity contribution in [2.45, 2.75) is 13.0 Å². The molecular formula is C18H16N4O3S. The van der Waals surface area contributed by atoms with Crippen LogP contribution in [0.2, 0.25) is 0 Å². The molecule has 0 bridgehead atoms. The van der Waals surface area contributed by atoms with Gasteiger partial charge in [-0.25, -0.2) is 9.97 Å². The molecule has 7 nitrogen and oxygen atoms in total. The largest absolute Gasteiger partial charge is 0.454 e. The minimum atomic E-state index is -0.0858. The molecule has 3 heterocycles. The lowest BCUT2D eigenvalue weighted by molar-refractivity contribution is -0.120. The van der Waals surface area contributed by atoms with Crippen LogP contribution in [0.1, 0.15) is 11.3 Å². The Hall–Kier alpha value is -3.13. The van der Waals surface area contributed by atoms with Crippen molar-refractivity contribution < 1.29 is 14.3 Å². The number of hydrogen-bond donors (Lipinski definition) is 2. The Labute approximate surface area is 154 Å². The highest BCUT2D eigenvalue weighted by molar-refractivity contribution is 7.13. The molecule has 26 heavy (non-hydrogen) atoms. The Bertz CT molecular complexity index is 914. The highest BCUT2D eigenvalue weighted by atomic mass is 32.1. The lowest BCUT2D eigenvalue weighted by Gasteiger charge is -2.05. The first-order valence-corrected chi connectivity index (χ1v) is 8.92. The van der Waals surface area contributed by atoms with E-state index in [9.17, 15) is 4.79 Å². The SMILES string of the molecule is O=C(Cc1csc(Nc2ccccn2)n1)NCc1ccc2c(c1)OCO2. The van der Waals surface area contributed by atoms with Crippen LogP contribution in [0, 0.1) is 0 Å². The van der Waals surface area contributed by atoms with Crippen LogP contribution in [-0.4, -0.2) is 22.7 Å². The topological polar surface area (TPSA) is 85.4 Å². The number of fused-ring (bicyclic) bond motifs is 1. The first-order chi connectivity index (χ1) is 12.8. The van der Waals surface area contributed by atoms with Crippen molar-refractivity contribution in [1.82, 2.24) is 15.3 Å².